The molecule has 1 aromatic heterocycles. The number of amides is 1. The number of aliphatic carboxylic acids is 1. The first-order chi connectivity index (χ1) is 16.1. The van der Waals surface area contributed by atoms with Crippen molar-refractivity contribution in [1.82, 2.24) is 15.3 Å². The first-order valence-electron chi connectivity index (χ1n) is 10.6. The van der Waals surface area contributed by atoms with Crippen molar-refractivity contribution >= 4 is 23.1 Å². The number of carbonyl (C=O) groups is 2. The summed E-state index contributed by atoms with van der Waals surface area (Å²) < 4.78 is 5.48. The number of carboxylic acid groups (broad SMARTS) is 1. The predicted molar refractivity (Wildman–Crippen MR) is 123 cm³/mol. The van der Waals surface area contributed by atoms with Gasteiger partial charge in [-0.1, -0.05) is 60.7 Å². The van der Waals surface area contributed by atoms with Crippen LogP contribution in [0.25, 0.3) is 22.2 Å². The molecule has 0 aliphatic heterocycles. The molecule has 7 nitrogen and oxygen atoms in total. The summed E-state index contributed by atoms with van der Waals surface area (Å²) >= 11 is 0. The van der Waals surface area contributed by atoms with Gasteiger partial charge in [0.25, 0.3) is 0 Å². The predicted octanol–water partition coefficient (Wildman–Crippen LogP) is 4.16. The van der Waals surface area contributed by atoms with Gasteiger partial charge in [0.1, 0.15) is 12.6 Å². The molecule has 0 spiro atoms. The van der Waals surface area contributed by atoms with E-state index in [1.54, 1.807) is 6.07 Å². The minimum absolute atomic E-state index is 0.00262. The van der Waals surface area contributed by atoms with Crippen molar-refractivity contribution in [3.05, 3.63) is 95.8 Å². The lowest BCUT2D eigenvalue weighted by Gasteiger charge is -2.17. The first kappa shape index (κ1) is 20.6. The largest absolute Gasteiger partial charge is 0.480 e. The molecule has 1 amide bonds. The maximum atomic E-state index is 12.5. The van der Waals surface area contributed by atoms with E-state index in [9.17, 15) is 14.7 Å². The summed E-state index contributed by atoms with van der Waals surface area (Å²) in [5, 5.41) is 12.1. The molecule has 5 rings (SSSR count). The normalized spacial score (nSPS) is 13.2. The Labute approximate surface area is 190 Å². The molecule has 0 radical (unpaired) electrons. The van der Waals surface area contributed by atoms with E-state index in [0.29, 0.717) is 11.2 Å². The van der Waals surface area contributed by atoms with Crippen molar-refractivity contribution in [3.63, 3.8) is 0 Å². The highest BCUT2D eigenvalue weighted by molar-refractivity contribution is 5.81. The lowest BCUT2D eigenvalue weighted by atomic mass is 9.98. The second-order valence-corrected chi connectivity index (χ2v) is 7.91. The van der Waals surface area contributed by atoms with Gasteiger partial charge in [0.05, 0.1) is 16.7 Å². The zero-order valence-corrected chi connectivity index (χ0v) is 17.6. The fraction of sp³-hybridized carbons (Fsp3) is 0.154. The zero-order chi connectivity index (χ0) is 22.8. The molecule has 1 aliphatic rings. The van der Waals surface area contributed by atoms with Crippen molar-refractivity contribution in [2.75, 3.05) is 6.61 Å². The number of carboxylic acids is 1. The number of carbonyl (C=O) groups excluding carboxylic acids is 1. The highest BCUT2D eigenvalue weighted by atomic mass is 16.5. The monoisotopic (exact) mass is 439 g/mol. The standard InChI is InChI=1S/C26H21N3O4/c30-25(31)24(13-16-14-27-22-11-5-6-12-23(22)28-16)29-26(32)33-15-21-19-9-3-1-7-17(19)18-8-2-4-10-20(18)21/h1-12,14,21,24H,13,15H2,(H,29,32)(H,30,31). The Kier molecular flexibility index (Phi) is 5.44. The van der Waals surface area contributed by atoms with Crippen LogP contribution in [0.1, 0.15) is 22.7 Å². The third-order valence-corrected chi connectivity index (χ3v) is 5.85. The van der Waals surface area contributed by atoms with Gasteiger partial charge in [-0.15, -0.1) is 0 Å². The fourth-order valence-corrected chi connectivity index (χ4v) is 4.29. The summed E-state index contributed by atoms with van der Waals surface area (Å²) in [5.41, 5.74) is 6.29. The number of nitrogens with one attached hydrogen (secondary N) is 1. The van der Waals surface area contributed by atoms with Gasteiger partial charge in [0.2, 0.25) is 0 Å². The highest BCUT2D eigenvalue weighted by Gasteiger charge is 2.30. The number of rotatable bonds is 6. The Bertz CT molecular complexity index is 1310. The topological polar surface area (TPSA) is 101 Å². The summed E-state index contributed by atoms with van der Waals surface area (Å²) in [6, 6.07) is 22.2. The zero-order valence-electron chi connectivity index (χ0n) is 17.6. The number of benzene rings is 3. The van der Waals surface area contributed by atoms with Crippen LogP contribution in [0.5, 0.6) is 0 Å². The van der Waals surface area contributed by atoms with Crippen LogP contribution in [0.4, 0.5) is 4.79 Å². The first-order valence-corrected chi connectivity index (χ1v) is 10.6. The minimum atomic E-state index is -1.18. The number of alkyl carbamates (subject to hydrolysis) is 1. The quantitative estimate of drug-likeness (QED) is 0.468. The van der Waals surface area contributed by atoms with E-state index < -0.39 is 18.1 Å². The smallest absolute Gasteiger partial charge is 0.407 e. The number of nitrogens with zero attached hydrogens (tertiary/aromatic N) is 2. The van der Waals surface area contributed by atoms with Crippen LogP contribution in [0.2, 0.25) is 0 Å². The maximum Gasteiger partial charge on any atom is 0.407 e. The molecule has 33 heavy (non-hydrogen) atoms. The summed E-state index contributed by atoms with van der Waals surface area (Å²) in [7, 11) is 0. The van der Waals surface area contributed by atoms with E-state index in [4.69, 9.17) is 4.74 Å². The molecule has 1 heterocycles. The number of hydrogen-bond acceptors (Lipinski definition) is 5. The Balaban J connectivity index is 1.27. The summed E-state index contributed by atoms with van der Waals surface area (Å²) in [5.74, 6) is -1.27. The molecule has 0 bridgehead atoms. The molecule has 1 unspecified atom stereocenters. The molecule has 0 saturated heterocycles. The Morgan fingerprint density at radius 2 is 1.52 bits per heavy atom. The van der Waals surface area contributed by atoms with Gasteiger partial charge in [-0.2, -0.15) is 0 Å². The van der Waals surface area contributed by atoms with Gasteiger partial charge < -0.3 is 15.2 Å². The van der Waals surface area contributed by atoms with Crippen LogP contribution < -0.4 is 5.32 Å². The third kappa shape index (κ3) is 4.13. The summed E-state index contributed by atoms with van der Waals surface area (Å²) in [4.78, 5) is 33.0. The number of ether oxygens (including phenoxy) is 1. The van der Waals surface area contributed by atoms with Gasteiger partial charge in [-0.3, -0.25) is 4.98 Å². The van der Waals surface area contributed by atoms with E-state index in [1.165, 1.54) is 6.20 Å². The van der Waals surface area contributed by atoms with Crippen LogP contribution in [-0.2, 0) is 16.0 Å². The number of aromatic nitrogens is 2. The molecule has 4 aromatic rings. The van der Waals surface area contributed by atoms with Gasteiger partial charge in [0.15, 0.2) is 0 Å². The van der Waals surface area contributed by atoms with Crippen molar-refractivity contribution < 1.29 is 19.4 Å². The molecule has 164 valence electrons. The van der Waals surface area contributed by atoms with Gasteiger partial charge in [-0.05, 0) is 34.4 Å². The molecule has 7 heteroatoms. The Morgan fingerprint density at radius 1 is 0.909 bits per heavy atom. The summed E-state index contributed by atoms with van der Waals surface area (Å²) in [6.07, 6.45) is 0.743. The van der Waals surface area contributed by atoms with E-state index in [-0.39, 0.29) is 18.9 Å². The van der Waals surface area contributed by atoms with Crippen LogP contribution in [0, 0.1) is 0 Å². The fourth-order valence-electron chi connectivity index (χ4n) is 4.29. The average molecular weight is 439 g/mol. The lowest BCUT2D eigenvalue weighted by molar-refractivity contribution is -0.139. The Morgan fingerprint density at radius 3 is 2.18 bits per heavy atom. The van der Waals surface area contributed by atoms with Crippen LogP contribution >= 0.6 is 0 Å². The number of fused-ring (bicyclic) bond motifs is 4. The lowest BCUT2D eigenvalue weighted by Crippen LogP contribution is -2.43. The molecule has 0 fully saturated rings. The molecular weight excluding hydrogens is 418 g/mol. The molecule has 1 aliphatic carbocycles. The van der Waals surface area contributed by atoms with Crippen LogP contribution in [0.15, 0.2) is 79.0 Å². The van der Waals surface area contributed by atoms with Gasteiger partial charge in [-0.25, -0.2) is 14.6 Å². The van der Waals surface area contributed by atoms with Crippen molar-refractivity contribution in [3.8, 4) is 11.1 Å². The average Bonchev–Trinajstić information content (AvgIpc) is 3.16. The molecule has 3 aromatic carbocycles. The molecule has 2 N–H and O–H groups in total. The SMILES string of the molecule is O=C(NC(Cc1cnc2ccccc2n1)C(=O)O)OCC1c2ccccc2-c2ccccc21. The van der Waals surface area contributed by atoms with Crippen LogP contribution in [0.3, 0.4) is 0 Å². The number of hydrogen-bond donors (Lipinski definition) is 2. The maximum absolute atomic E-state index is 12.5. The van der Waals surface area contributed by atoms with Gasteiger partial charge >= 0.3 is 12.1 Å². The second kappa shape index (κ2) is 8.70. The molecule has 0 saturated carbocycles. The Hall–Kier alpha value is -4.26. The van der Waals surface area contributed by atoms with E-state index in [2.05, 4.69) is 27.4 Å². The van der Waals surface area contributed by atoms with Crippen molar-refractivity contribution in [2.45, 2.75) is 18.4 Å². The van der Waals surface area contributed by atoms with E-state index in [1.807, 2.05) is 54.6 Å². The molecular formula is C26H21N3O4. The third-order valence-electron chi connectivity index (χ3n) is 5.85. The van der Waals surface area contributed by atoms with Gasteiger partial charge in [0, 0.05) is 18.5 Å². The van der Waals surface area contributed by atoms with Crippen molar-refractivity contribution in [1.29, 1.82) is 0 Å². The second-order valence-electron chi connectivity index (χ2n) is 7.91. The van der Waals surface area contributed by atoms with E-state index in [0.717, 1.165) is 27.8 Å². The number of para-hydroxylation sites is 2. The van der Waals surface area contributed by atoms with Crippen molar-refractivity contribution in [2.24, 2.45) is 0 Å². The molecule has 1 atom stereocenters. The highest BCUT2D eigenvalue weighted by Crippen LogP contribution is 2.44. The van der Waals surface area contributed by atoms with Crippen LogP contribution in [-0.4, -0.2) is 39.8 Å². The summed E-state index contributed by atoms with van der Waals surface area (Å²) in [6.45, 7) is 0.113. The minimum Gasteiger partial charge on any atom is -0.480 e. The van der Waals surface area contributed by atoms with E-state index >= 15 is 0 Å².